The predicted octanol–water partition coefficient (Wildman–Crippen LogP) is 1.89. The van der Waals surface area contributed by atoms with Gasteiger partial charge in [-0.2, -0.15) is 5.10 Å². The van der Waals surface area contributed by atoms with Gasteiger partial charge in [0, 0.05) is 18.0 Å². The van der Waals surface area contributed by atoms with E-state index in [0.29, 0.717) is 12.5 Å². The van der Waals surface area contributed by atoms with E-state index < -0.39 is 0 Å². The molecule has 5 heteroatoms. The number of nitrogens with two attached hydrogens (primary N) is 1. The van der Waals surface area contributed by atoms with Gasteiger partial charge >= 0.3 is 0 Å². The number of nitrogen functional groups attached to an aromatic ring is 1. The van der Waals surface area contributed by atoms with Gasteiger partial charge in [-0.05, 0) is 37.1 Å². The highest BCUT2D eigenvalue weighted by Gasteiger charge is 2.27. The van der Waals surface area contributed by atoms with E-state index in [0.717, 1.165) is 29.5 Å². The van der Waals surface area contributed by atoms with Crippen LogP contribution in [0.1, 0.15) is 30.4 Å². The number of aromatic amines is 1. The first-order chi connectivity index (χ1) is 8.81. The average Bonchev–Trinajstić information content (AvgIpc) is 3.12. The molecule has 1 saturated carbocycles. The number of nitrogens with one attached hydrogen (secondary N) is 1. The summed E-state index contributed by atoms with van der Waals surface area (Å²) in [6.07, 6.45) is 3.18. The summed E-state index contributed by atoms with van der Waals surface area (Å²) in [6.45, 7) is 0.587. The summed E-state index contributed by atoms with van der Waals surface area (Å²) >= 11 is 0. The van der Waals surface area contributed by atoms with E-state index in [1.807, 2.05) is 24.3 Å². The highest BCUT2D eigenvalue weighted by molar-refractivity contribution is 5.41. The van der Waals surface area contributed by atoms with Crippen molar-refractivity contribution in [2.45, 2.75) is 25.2 Å². The van der Waals surface area contributed by atoms with Crippen molar-refractivity contribution in [1.82, 2.24) is 15.2 Å². The Hall–Kier alpha value is -2.04. The molecule has 0 atom stereocenters. The number of hydrogen-bond acceptors (Lipinski definition) is 4. The highest BCUT2D eigenvalue weighted by Crippen LogP contribution is 2.37. The Bertz CT molecular complexity index is 516. The van der Waals surface area contributed by atoms with Gasteiger partial charge in [0.1, 0.15) is 11.6 Å². The SMILES string of the molecule is Nc1ccc(OCCc2nc(C3CC3)n[nH]2)cc1. The van der Waals surface area contributed by atoms with Crippen LogP contribution in [0.15, 0.2) is 24.3 Å². The number of rotatable bonds is 5. The normalized spacial score (nSPS) is 14.7. The molecular weight excluding hydrogens is 228 g/mol. The predicted molar refractivity (Wildman–Crippen MR) is 68.4 cm³/mol. The van der Waals surface area contributed by atoms with Crippen molar-refractivity contribution < 1.29 is 4.74 Å². The standard InChI is InChI=1S/C13H16N4O/c14-10-3-5-11(6-4-10)18-8-7-12-15-13(17-16-12)9-1-2-9/h3-6,9H,1-2,7-8,14H2,(H,15,16,17). The van der Waals surface area contributed by atoms with Crippen molar-refractivity contribution in [1.29, 1.82) is 0 Å². The molecule has 1 heterocycles. The van der Waals surface area contributed by atoms with Gasteiger partial charge in [0.05, 0.1) is 6.61 Å². The van der Waals surface area contributed by atoms with Crippen LogP contribution in [0.3, 0.4) is 0 Å². The minimum absolute atomic E-state index is 0.587. The summed E-state index contributed by atoms with van der Waals surface area (Å²) in [5.74, 6) is 3.27. The summed E-state index contributed by atoms with van der Waals surface area (Å²) in [5, 5.41) is 7.17. The first kappa shape index (κ1) is 11.1. The van der Waals surface area contributed by atoms with Gasteiger partial charge in [0.15, 0.2) is 5.82 Å². The average molecular weight is 244 g/mol. The molecule has 1 aromatic heterocycles. The molecule has 18 heavy (non-hydrogen) atoms. The molecule has 1 fully saturated rings. The van der Waals surface area contributed by atoms with Crippen molar-refractivity contribution in [3.05, 3.63) is 35.9 Å². The molecule has 0 spiro atoms. The Kier molecular flexibility index (Phi) is 2.88. The lowest BCUT2D eigenvalue weighted by Gasteiger charge is -2.04. The first-order valence-electron chi connectivity index (χ1n) is 6.21. The zero-order chi connectivity index (χ0) is 12.4. The largest absolute Gasteiger partial charge is 0.493 e. The molecule has 1 aliphatic rings. The second-order valence-corrected chi connectivity index (χ2v) is 4.58. The van der Waals surface area contributed by atoms with E-state index >= 15 is 0 Å². The topological polar surface area (TPSA) is 76.8 Å². The number of H-pyrrole nitrogens is 1. The highest BCUT2D eigenvalue weighted by atomic mass is 16.5. The number of ether oxygens (including phenoxy) is 1. The fourth-order valence-corrected chi connectivity index (χ4v) is 1.78. The fourth-order valence-electron chi connectivity index (χ4n) is 1.78. The second kappa shape index (κ2) is 4.68. The molecule has 0 aliphatic heterocycles. The number of hydrogen-bond donors (Lipinski definition) is 2. The fraction of sp³-hybridized carbons (Fsp3) is 0.385. The zero-order valence-electron chi connectivity index (χ0n) is 10.1. The third-order valence-electron chi connectivity index (χ3n) is 2.98. The first-order valence-corrected chi connectivity index (χ1v) is 6.21. The monoisotopic (exact) mass is 244 g/mol. The van der Waals surface area contributed by atoms with Crippen molar-refractivity contribution in [3.63, 3.8) is 0 Å². The Morgan fingerprint density at radius 1 is 1.28 bits per heavy atom. The number of nitrogens with zero attached hydrogens (tertiary/aromatic N) is 2. The number of anilines is 1. The molecule has 0 radical (unpaired) electrons. The van der Waals surface area contributed by atoms with Gasteiger partial charge in [0.2, 0.25) is 0 Å². The summed E-state index contributed by atoms with van der Waals surface area (Å²) < 4.78 is 5.61. The minimum atomic E-state index is 0.587. The van der Waals surface area contributed by atoms with Gasteiger partial charge in [-0.25, -0.2) is 4.98 Å². The molecule has 94 valence electrons. The lowest BCUT2D eigenvalue weighted by Crippen LogP contribution is -2.03. The Labute approximate surface area is 105 Å². The van der Waals surface area contributed by atoms with E-state index in [4.69, 9.17) is 10.5 Å². The van der Waals surface area contributed by atoms with E-state index in [1.54, 1.807) is 0 Å². The van der Waals surface area contributed by atoms with Crippen LogP contribution in [0.5, 0.6) is 5.75 Å². The summed E-state index contributed by atoms with van der Waals surface area (Å²) in [6, 6.07) is 7.39. The third kappa shape index (κ3) is 2.61. The van der Waals surface area contributed by atoms with Gasteiger partial charge in [-0.15, -0.1) is 0 Å². The van der Waals surface area contributed by atoms with Crippen LogP contribution in [-0.4, -0.2) is 21.8 Å². The second-order valence-electron chi connectivity index (χ2n) is 4.58. The lowest BCUT2D eigenvalue weighted by atomic mass is 10.3. The van der Waals surface area contributed by atoms with Crippen LogP contribution in [-0.2, 0) is 6.42 Å². The van der Waals surface area contributed by atoms with Gasteiger partial charge in [-0.3, -0.25) is 5.10 Å². The molecule has 3 N–H and O–H groups in total. The Morgan fingerprint density at radius 3 is 2.78 bits per heavy atom. The molecule has 0 bridgehead atoms. The van der Waals surface area contributed by atoms with Crippen molar-refractivity contribution in [3.8, 4) is 5.75 Å². The molecule has 1 aliphatic carbocycles. The maximum atomic E-state index is 5.61. The summed E-state index contributed by atoms with van der Waals surface area (Å²) in [5.41, 5.74) is 6.35. The minimum Gasteiger partial charge on any atom is -0.493 e. The van der Waals surface area contributed by atoms with Crippen molar-refractivity contribution in [2.75, 3.05) is 12.3 Å². The van der Waals surface area contributed by atoms with Crippen molar-refractivity contribution >= 4 is 5.69 Å². The Morgan fingerprint density at radius 2 is 2.06 bits per heavy atom. The van der Waals surface area contributed by atoms with Crippen LogP contribution >= 0.6 is 0 Å². The number of benzene rings is 1. The van der Waals surface area contributed by atoms with Crippen molar-refractivity contribution in [2.24, 2.45) is 0 Å². The third-order valence-corrected chi connectivity index (χ3v) is 2.98. The molecule has 2 aromatic rings. The number of aromatic nitrogens is 3. The maximum Gasteiger partial charge on any atom is 0.153 e. The van der Waals surface area contributed by atoms with Crippen LogP contribution in [0.25, 0.3) is 0 Å². The molecular formula is C13H16N4O. The van der Waals surface area contributed by atoms with E-state index in [1.165, 1.54) is 12.8 Å². The molecule has 0 saturated heterocycles. The zero-order valence-corrected chi connectivity index (χ0v) is 10.1. The maximum absolute atomic E-state index is 5.61. The molecule has 3 rings (SSSR count). The summed E-state index contributed by atoms with van der Waals surface area (Å²) in [7, 11) is 0. The van der Waals surface area contributed by atoms with Gasteiger partial charge < -0.3 is 10.5 Å². The smallest absolute Gasteiger partial charge is 0.153 e. The van der Waals surface area contributed by atoms with Crippen LogP contribution in [0.2, 0.25) is 0 Å². The van der Waals surface area contributed by atoms with Crippen LogP contribution in [0, 0.1) is 0 Å². The molecule has 0 unspecified atom stereocenters. The lowest BCUT2D eigenvalue weighted by molar-refractivity contribution is 0.319. The Balaban J connectivity index is 1.49. The van der Waals surface area contributed by atoms with E-state index in [-0.39, 0.29) is 0 Å². The van der Waals surface area contributed by atoms with Crippen LogP contribution < -0.4 is 10.5 Å². The van der Waals surface area contributed by atoms with Gasteiger partial charge in [-0.1, -0.05) is 0 Å². The van der Waals surface area contributed by atoms with E-state index in [9.17, 15) is 0 Å². The molecule has 5 nitrogen and oxygen atoms in total. The molecule has 1 aromatic carbocycles. The molecule has 0 amide bonds. The quantitative estimate of drug-likeness (QED) is 0.787. The van der Waals surface area contributed by atoms with Crippen LogP contribution in [0.4, 0.5) is 5.69 Å². The summed E-state index contributed by atoms with van der Waals surface area (Å²) in [4.78, 5) is 4.45. The van der Waals surface area contributed by atoms with Gasteiger partial charge in [0.25, 0.3) is 0 Å². The van der Waals surface area contributed by atoms with E-state index in [2.05, 4.69) is 15.2 Å².